The number of aliphatic hydroxyl groups is 1. The van der Waals surface area contributed by atoms with Crippen LogP contribution in [0.15, 0.2) is 30.3 Å². The van der Waals surface area contributed by atoms with E-state index in [1.807, 2.05) is 6.92 Å². The first-order chi connectivity index (χ1) is 11.4. The molecule has 1 amide bonds. The minimum Gasteiger partial charge on any atom is -0.508 e. The summed E-state index contributed by atoms with van der Waals surface area (Å²) in [6, 6.07) is 6.21. The molecular weight excluding hydrogens is 330 g/mol. The number of benzene rings is 1. The number of phenols is 1. The number of nitrogens with zero attached hydrogens (tertiary/aromatic N) is 2. The van der Waals surface area contributed by atoms with E-state index in [0.29, 0.717) is 17.1 Å². The van der Waals surface area contributed by atoms with E-state index in [9.17, 15) is 15.0 Å². The van der Waals surface area contributed by atoms with Crippen molar-refractivity contribution in [1.82, 2.24) is 15.1 Å². The van der Waals surface area contributed by atoms with Crippen LogP contribution in [-0.4, -0.2) is 38.5 Å². The number of aliphatic hydroxyl groups excluding tert-OH is 1. The zero-order chi connectivity index (χ0) is 17.7. The van der Waals surface area contributed by atoms with E-state index >= 15 is 0 Å². The minimum atomic E-state index is -0.419. The van der Waals surface area contributed by atoms with Gasteiger partial charge in [-0.15, -0.1) is 0 Å². The average molecular weight is 350 g/mol. The van der Waals surface area contributed by atoms with Gasteiger partial charge in [0.05, 0.1) is 18.3 Å². The van der Waals surface area contributed by atoms with Crippen LogP contribution in [0.3, 0.4) is 0 Å². The maximum atomic E-state index is 12.0. The number of amides is 1. The Balaban J connectivity index is 1.98. The second-order valence-corrected chi connectivity index (χ2v) is 5.86. The third-order valence-corrected chi connectivity index (χ3v) is 4.03. The number of rotatable bonds is 6. The number of aryl methyl sites for hydroxylation is 2. The van der Waals surface area contributed by atoms with Crippen LogP contribution in [0.2, 0.25) is 5.15 Å². The molecule has 0 bridgehead atoms. The molecule has 7 heteroatoms. The molecule has 24 heavy (non-hydrogen) atoms. The SMILES string of the molecule is Cc1nn(C)c(Cl)c1/C=C/C(=O)N[C@H](CO)Cc1ccc(O)cc1. The lowest BCUT2D eigenvalue weighted by atomic mass is 10.1. The molecule has 0 saturated heterocycles. The van der Waals surface area contributed by atoms with Crippen LogP contribution in [0.25, 0.3) is 6.08 Å². The van der Waals surface area contributed by atoms with Gasteiger partial charge in [-0.2, -0.15) is 5.10 Å². The Bertz CT molecular complexity index is 738. The maximum absolute atomic E-state index is 12.0. The fraction of sp³-hybridized carbons (Fsp3) is 0.294. The standard InChI is InChI=1S/C17H20ClN3O3/c1-11-15(17(18)21(2)20-11)7-8-16(24)19-13(10-22)9-12-3-5-14(23)6-4-12/h3-8,13,22-23H,9-10H2,1-2H3,(H,19,24)/b8-7+/t13-/m0/s1. The Labute approximate surface area is 145 Å². The molecule has 0 saturated carbocycles. The fourth-order valence-electron chi connectivity index (χ4n) is 2.32. The van der Waals surface area contributed by atoms with Crippen molar-refractivity contribution in [2.75, 3.05) is 6.61 Å². The second kappa shape index (κ2) is 7.99. The van der Waals surface area contributed by atoms with Crippen molar-refractivity contribution in [3.8, 4) is 5.75 Å². The molecule has 128 valence electrons. The number of carbonyl (C=O) groups is 1. The quantitative estimate of drug-likeness (QED) is 0.694. The van der Waals surface area contributed by atoms with Crippen molar-refractivity contribution in [2.45, 2.75) is 19.4 Å². The van der Waals surface area contributed by atoms with Gasteiger partial charge >= 0.3 is 0 Å². The van der Waals surface area contributed by atoms with Crippen LogP contribution in [0.5, 0.6) is 5.75 Å². The average Bonchev–Trinajstić information content (AvgIpc) is 2.79. The molecule has 3 N–H and O–H groups in total. The molecule has 0 aliphatic heterocycles. The highest BCUT2D eigenvalue weighted by molar-refractivity contribution is 6.31. The molecule has 1 aromatic carbocycles. The molecule has 2 rings (SSSR count). The number of aromatic hydroxyl groups is 1. The number of carbonyl (C=O) groups excluding carboxylic acids is 1. The van der Waals surface area contributed by atoms with Gasteiger partial charge in [-0.1, -0.05) is 23.7 Å². The van der Waals surface area contributed by atoms with Crippen LogP contribution in [0.1, 0.15) is 16.8 Å². The van der Waals surface area contributed by atoms with Gasteiger partial charge in [0.25, 0.3) is 0 Å². The van der Waals surface area contributed by atoms with Crippen molar-refractivity contribution in [2.24, 2.45) is 7.05 Å². The zero-order valence-electron chi connectivity index (χ0n) is 13.5. The summed E-state index contributed by atoms with van der Waals surface area (Å²) in [5, 5.41) is 26.1. The highest BCUT2D eigenvalue weighted by Gasteiger charge is 2.12. The van der Waals surface area contributed by atoms with Crippen LogP contribution >= 0.6 is 11.6 Å². The summed E-state index contributed by atoms with van der Waals surface area (Å²) in [7, 11) is 1.73. The van der Waals surface area contributed by atoms with E-state index in [0.717, 1.165) is 11.3 Å². The molecule has 6 nitrogen and oxygen atoms in total. The summed E-state index contributed by atoms with van der Waals surface area (Å²) in [5.41, 5.74) is 2.32. The Morgan fingerprint density at radius 3 is 2.62 bits per heavy atom. The Kier molecular flexibility index (Phi) is 6.00. The van der Waals surface area contributed by atoms with Gasteiger partial charge < -0.3 is 15.5 Å². The molecule has 0 spiro atoms. The van der Waals surface area contributed by atoms with Gasteiger partial charge in [-0.05, 0) is 37.1 Å². The zero-order valence-corrected chi connectivity index (χ0v) is 14.3. The van der Waals surface area contributed by atoms with E-state index in [2.05, 4.69) is 10.4 Å². The second-order valence-electron chi connectivity index (χ2n) is 5.51. The monoisotopic (exact) mass is 349 g/mol. The van der Waals surface area contributed by atoms with Gasteiger partial charge in [0.2, 0.25) is 5.91 Å². The highest BCUT2D eigenvalue weighted by Crippen LogP contribution is 2.19. The lowest BCUT2D eigenvalue weighted by Crippen LogP contribution is -2.38. The summed E-state index contributed by atoms with van der Waals surface area (Å²) < 4.78 is 1.54. The predicted octanol–water partition coefficient (Wildman–Crippen LogP) is 1.82. The first kappa shape index (κ1) is 18.0. The van der Waals surface area contributed by atoms with Gasteiger partial charge in [0, 0.05) is 18.7 Å². The number of aromatic nitrogens is 2. The third kappa shape index (κ3) is 4.59. The maximum Gasteiger partial charge on any atom is 0.244 e. The van der Waals surface area contributed by atoms with Crippen molar-refractivity contribution < 1.29 is 15.0 Å². The van der Waals surface area contributed by atoms with Gasteiger partial charge in [-0.3, -0.25) is 9.48 Å². The number of hydrogen-bond acceptors (Lipinski definition) is 4. The third-order valence-electron chi connectivity index (χ3n) is 3.58. The molecular formula is C17H20ClN3O3. The summed E-state index contributed by atoms with van der Waals surface area (Å²) in [4.78, 5) is 12.0. The van der Waals surface area contributed by atoms with Crippen molar-refractivity contribution in [3.63, 3.8) is 0 Å². The number of phenolic OH excluding ortho intramolecular Hbond substituents is 1. The molecule has 1 heterocycles. The molecule has 2 aromatic rings. The molecule has 1 aromatic heterocycles. The number of nitrogens with one attached hydrogen (secondary N) is 1. The van der Waals surface area contributed by atoms with E-state index < -0.39 is 6.04 Å². The van der Waals surface area contributed by atoms with Crippen LogP contribution in [-0.2, 0) is 18.3 Å². The fourth-order valence-corrected chi connectivity index (χ4v) is 2.56. The van der Waals surface area contributed by atoms with E-state index in [1.54, 1.807) is 37.4 Å². The molecule has 0 aliphatic carbocycles. The van der Waals surface area contributed by atoms with Crippen LogP contribution < -0.4 is 5.32 Å². The molecule has 0 aliphatic rings. The Morgan fingerprint density at radius 1 is 1.42 bits per heavy atom. The summed E-state index contributed by atoms with van der Waals surface area (Å²) in [6.45, 7) is 1.62. The topological polar surface area (TPSA) is 87.4 Å². The van der Waals surface area contributed by atoms with Crippen LogP contribution in [0, 0.1) is 6.92 Å². The van der Waals surface area contributed by atoms with Crippen molar-refractivity contribution in [1.29, 1.82) is 0 Å². The Hall–Kier alpha value is -2.31. The van der Waals surface area contributed by atoms with Crippen molar-refractivity contribution in [3.05, 3.63) is 52.3 Å². The first-order valence-corrected chi connectivity index (χ1v) is 7.85. The van der Waals surface area contributed by atoms with Gasteiger partial charge in [0.15, 0.2) is 0 Å². The van der Waals surface area contributed by atoms with E-state index in [-0.39, 0.29) is 18.3 Å². The molecule has 0 fully saturated rings. The smallest absolute Gasteiger partial charge is 0.244 e. The number of hydrogen-bond donors (Lipinski definition) is 3. The highest BCUT2D eigenvalue weighted by atomic mass is 35.5. The lowest BCUT2D eigenvalue weighted by Gasteiger charge is -2.15. The Morgan fingerprint density at radius 2 is 2.08 bits per heavy atom. The van der Waals surface area contributed by atoms with Gasteiger partial charge in [-0.25, -0.2) is 0 Å². The van der Waals surface area contributed by atoms with Crippen molar-refractivity contribution >= 4 is 23.6 Å². The summed E-state index contributed by atoms with van der Waals surface area (Å²) >= 11 is 6.11. The van der Waals surface area contributed by atoms with E-state index in [4.69, 9.17) is 11.6 Å². The minimum absolute atomic E-state index is 0.176. The first-order valence-electron chi connectivity index (χ1n) is 7.47. The molecule has 1 atom stereocenters. The predicted molar refractivity (Wildman–Crippen MR) is 92.8 cm³/mol. The van der Waals surface area contributed by atoms with E-state index in [1.165, 1.54) is 10.8 Å². The van der Waals surface area contributed by atoms with Crippen LogP contribution in [0.4, 0.5) is 0 Å². The lowest BCUT2D eigenvalue weighted by molar-refractivity contribution is -0.117. The largest absolute Gasteiger partial charge is 0.508 e. The molecule has 0 radical (unpaired) electrons. The summed E-state index contributed by atoms with van der Waals surface area (Å²) in [5.74, 6) is -0.151. The number of halogens is 1. The summed E-state index contributed by atoms with van der Waals surface area (Å²) in [6.07, 6.45) is 3.44. The molecule has 0 unspecified atom stereocenters. The van der Waals surface area contributed by atoms with Gasteiger partial charge in [0.1, 0.15) is 10.9 Å². The normalized spacial score (nSPS) is 12.5.